The first-order valence-electron chi connectivity index (χ1n) is 17.0. The van der Waals surface area contributed by atoms with Gasteiger partial charge in [0.05, 0.1) is 32.2 Å². The molecule has 1 saturated heterocycles. The number of carbonyl (C=O) groups is 1. The zero-order chi connectivity index (χ0) is 37.0. The average molecular weight is 712 g/mol. The molecule has 2 aromatic heterocycles. The highest BCUT2D eigenvalue weighted by molar-refractivity contribution is 5.90. The molecule has 0 bridgehead atoms. The Bertz CT molecular complexity index is 2190. The summed E-state index contributed by atoms with van der Waals surface area (Å²) in [5.41, 5.74) is 0.154. The second-order valence-electron chi connectivity index (χ2n) is 12.3. The van der Waals surface area contributed by atoms with Crippen molar-refractivity contribution < 1.29 is 34.0 Å². The zero-order valence-electron chi connectivity index (χ0n) is 29.0. The van der Waals surface area contributed by atoms with Gasteiger partial charge in [-0.05, 0) is 47.9 Å². The van der Waals surface area contributed by atoms with Gasteiger partial charge in [-0.2, -0.15) is 9.97 Å². The lowest BCUT2D eigenvalue weighted by molar-refractivity contribution is -0.0842. The molecule has 0 saturated carbocycles. The Hall–Kier alpha value is -6.26. The maximum atomic E-state index is 13.4. The second-order valence-corrected chi connectivity index (χ2v) is 12.3. The van der Waals surface area contributed by atoms with Crippen LogP contribution >= 0.6 is 0 Å². The van der Waals surface area contributed by atoms with Gasteiger partial charge in [0.2, 0.25) is 17.4 Å². The molecule has 0 aliphatic carbocycles. The van der Waals surface area contributed by atoms with E-state index in [1.165, 1.54) is 10.9 Å². The third kappa shape index (κ3) is 6.21. The summed E-state index contributed by atoms with van der Waals surface area (Å²) >= 11 is 0. The molecule has 7 rings (SSSR count). The number of aromatic nitrogens is 4. The number of nitrogens with one attached hydrogen (secondary N) is 1. The Labute approximate surface area is 306 Å². The molecule has 53 heavy (non-hydrogen) atoms. The van der Waals surface area contributed by atoms with Crippen LogP contribution in [0.25, 0.3) is 11.2 Å². The van der Waals surface area contributed by atoms with Crippen LogP contribution in [0.1, 0.15) is 40.2 Å². The average Bonchev–Trinajstić information content (AvgIpc) is 3.76. The number of aliphatic hydroxyl groups excluding tert-OH is 2. The highest BCUT2D eigenvalue weighted by atomic mass is 16.6. The molecule has 0 amide bonds. The molecule has 12 nitrogen and oxygen atoms in total. The van der Waals surface area contributed by atoms with Crippen LogP contribution in [0.5, 0.6) is 11.6 Å². The summed E-state index contributed by atoms with van der Waals surface area (Å²) in [6, 6.07) is 35.7. The minimum absolute atomic E-state index is 0.149. The van der Waals surface area contributed by atoms with E-state index in [1.807, 2.05) is 91.9 Å². The van der Waals surface area contributed by atoms with Crippen molar-refractivity contribution in [1.29, 1.82) is 0 Å². The van der Waals surface area contributed by atoms with Crippen LogP contribution in [0.3, 0.4) is 0 Å². The summed E-state index contributed by atoms with van der Waals surface area (Å²) in [4.78, 5) is 27.8. The van der Waals surface area contributed by atoms with Crippen molar-refractivity contribution in [3.8, 4) is 24.0 Å². The van der Waals surface area contributed by atoms with Crippen molar-refractivity contribution in [2.75, 3.05) is 25.6 Å². The molecule has 12 heteroatoms. The van der Waals surface area contributed by atoms with E-state index in [1.54, 1.807) is 37.4 Å². The number of esters is 1. The molecule has 6 aromatic rings. The van der Waals surface area contributed by atoms with Gasteiger partial charge in [-0.3, -0.25) is 4.57 Å². The largest absolute Gasteiger partial charge is 0.497 e. The molecule has 4 atom stereocenters. The van der Waals surface area contributed by atoms with Gasteiger partial charge in [0.25, 0.3) is 0 Å². The standard InChI is InChI=1S/C41H37N5O7/c1-4-40(53-37(49)27-15-9-6-10-16-27)34(48)32(25-47)52-38(40)46-26-42-33-35(46)43-39(44-36(33)51-5-2)45-41(28-17-11-7-12-18-28,29-19-13-8-14-20-29)30-21-23-31(50-3)24-22-30/h1,6-24,26,32,34,38,47-48H,5,25H2,2-3H3,(H,43,44,45)/t32-,34-,38-,40-/m1/s1. The van der Waals surface area contributed by atoms with Crippen LogP contribution < -0.4 is 14.8 Å². The SMILES string of the molecule is C#C[C@@]1(OC(=O)c2ccccc2)[C@H](O)[C@@H](CO)O[C@H]1n1cnc2c(OCC)nc(NC(c3ccccc3)(c3ccccc3)c3ccc(OC)cc3)nc21. The van der Waals surface area contributed by atoms with Crippen molar-refractivity contribution in [2.45, 2.75) is 36.5 Å². The van der Waals surface area contributed by atoms with E-state index < -0.39 is 42.2 Å². The number of benzene rings is 4. The number of terminal acetylenes is 1. The fourth-order valence-electron chi connectivity index (χ4n) is 6.72. The first-order chi connectivity index (χ1) is 25.9. The first-order valence-corrected chi connectivity index (χ1v) is 17.0. The van der Waals surface area contributed by atoms with Crippen LogP contribution in [0, 0.1) is 12.3 Å². The Morgan fingerprint density at radius 2 is 1.55 bits per heavy atom. The quantitative estimate of drug-likeness (QED) is 0.0883. The van der Waals surface area contributed by atoms with Crippen molar-refractivity contribution in [1.82, 2.24) is 19.5 Å². The van der Waals surface area contributed by atoms with Gasteiger partial charge in [-0.1, -0.05) is 96.9 Å². The summed E-state index contributed by atoms with van der Waals surface area (Å²) in [7, 11) is 1.61. The van der Waals surface area contributed by atoms with Gasteiger partial charge < -0.3 is 34.5 Å². The maximum absolute atomic E-state index is 13.4. The third-order valence-corrected chi connectivity index (χ3v) is 9.30. The molecule has 3 N–H and O–H groups in total. The van der Waals surface area contributed by atoms with Crippen LogP contribution in [-0.4, -0.2) is 73.8 Å². The smallest absolute Gasteiger partial charge is 0.339 e. The van der Waals surface area contributed by atoms with E-state index in [4.69, 9.17) is 35.3 Å². The predicted octanol–water partition coefficient (Wildman–Crippen LogP) is 5.12. The molecule has 0 radical (unpaired) electrons. The number of imidazole rings is 1. The molecular weight excluding hydrogens is 674 g/mol. The molecule has 3 heterocycles. The number of hydrogen-bond acceptors (Lipinski definition) is 11. The molecule has 0 unspecified atom stereocenters. The molecule has 1 fully saturated rings. The van der Waals surface area contributed by atoms with Gasteiger partial charge in [0.15, 0.2) is 17.4 Å². The Balaban J connectivity index is 1.42. The summed E-state index contributed by atoms with van der Waals surface area (Å²) in [5.74, 6) is 2.69. The van der Waals surface area contributed by atoms with Gasteiger partial charge >= 0.3 is 5.97 Å². The molecule has 1 aliphatic heterocycles. The van der Waals surface area contributed by atoms with E-state index in [2.05, 4.69) is 16.2 Å². The van der Waals surface area contributed by atoms with E-state index in [-0.39, 0.29) is 35.2 Å². The number of nitrogens with zero attached hydrogens (tertiary/aromatic N) is 4. The minimum atomic E-state index is -2.10. The highest BCUT2D eigenvalue weighted by Crippen LogP contribution is 2.44. The molecule has 0 spiro atoms. The number of carbonyl (C=O) groups excluding carboxylic acids is 1. The zero-order valence-corrected chi connectivity index (χ0v) is 29.0. The third-order valence-electron chi connectivity index (χ3n) is 9.30. The van der Waals surface area contributed by atoms with Crippen molar-refractivity contribution in [3.05, 3.63) is 144 Å². The second kappa shape index (κ2) is 14.8. The van der Waals surface area contributed by atoms with Gasteiger partial charge in [-0.15, -0.1) is 6.42 Å². The number of rotatable bonds is 12. The summed E-state index contributed by atoms with van der Waals surface area (Å²) < 4.78 is 25.1. The summed E-state index contributed by atoms with van der Waals surface area (Å²) in [6.45, 7) is 1.47. The van der Waals surface area contributed by atoms with Crippen molar-refractivity contribution in [3.63, 3.8) is 0 Å². The van der Waals surface area contributed by atoms with E-state index in [0.29, 0.717) is 5.75 Å². The fraction of sp³-hybridized carbons (Fsp3) is 0.220. The topological polar surface area (TPSA) is 150 Å². The lowest BCUT2D eigenvalue weighted by atomic mass is 9.77. The van der Waals surface area contributed by atoms with Gasteiger partial charge in [0, 0.05) is 0 Å². The molecule has 4 aromatic carbocycles. The number of hydrogen-bond donors (Lipinski definition) is 3. The lowest BCUT2D eigenvalue weighted by Crippen LogP contribution is -2.49. The fourth-order valence-corrected chi connectivity index (χ4v) is 6.72. The lowest BCUT2D eigenvalue weighted by Gasteiger charge is -2.37. The molecular formula is C41H37N5O7. The Kier molecular flexibility index (Phi) is 9.80. The summed E-state index contributed by atoms with van der Waals surface area (Å²) in [5, 5.41) is 25.3. The summed E-state index contributed by atoms with van der Waals surface area (Å²) in [6.07, 6.45) is 3.29. The first kappa shape index (κ1) is 35.2. The van der Waals surface area contributed by atoms with Crippen molar-refractivity contribution >= 4 is 23.1 Å². The maximum Gasteiger partial charge on any atom is 0.339 e. The monoisotopic (exact) mass is 711 g/mol. The number of anilines is 1. The normalized spacial score (nSPS) is 19.7. The number of aliphatic hydroxyl groups is 2. The molecule has 268 valence electrons. The van der Waals surface area contributed by atoms with Crippen LogP contribution in [0.4, 0.5) is 5.95 Å². The van der Waals surface area contributed by atoms with Crippen LogP contribution in [0.2, 0.25) is 0 Å². The minimum Gasteiger partial charge on any atom is -0.497 e. The number of fused-ring (bicyclic) bond motifs is 1. The number of ether oxygens (including phenoxy) is 4. The van der Waals surface area contributed by atoms with Crippen LogP contribution in [0.15, 0.2) is 122 Å². The van der Waals surface area contributed by atoms with Crippen molar-refractivity contribution in [2.24, 2.45) is 0 Å². The number of methoxy groups -OCH3 is 1. The van der Waals surface area contributed by atoms with E-state index >= 15 is 0 Å². The van der Waals surface area contributed by atoms with Gasteiger partial charge in [-0.25, -0.2) is 9.78 Å². The Morgan fingerprint density at radius 3 is 2.11 bits per heavy atom. The molecule has 1 aliphatic rings. The van der Waals surface area contributed by atoms with E-state index in [9.17, 15) is 15.0 Å². The van der Waals surface area contributed by atoms with E-state index in [0.717, 1.165) is 16.7 Å². The van der Waals surface area contributed by atoms with Gasteiger partial charge in [0.1, 0.15) is 23.5 Å². The Morgan fingerprint density at radius 1 is 0.943 bits per heavy atom. The predicted molar refractivity (Wildman–Crippen MR) is 196 cm³/mol. The highest BCUT2D eigenvalue weighted by Gasteiger charge is 2.60. The van der Waals surface area contributed by atoms with Crippen LogP contribution in [-0.2, 0) is 15.0 Å².